The number of rotatable bonds is 7. The molecule has 2 nitrogen and oxygen atoms in total. The molecule has 0 aromatic heterocycles. The van der Waals surface area contributed by atoms with E-state index in [4.69, 9.17) is 4.74 Å². The first kappa shape index (κ1) is 16.4. The molecule has 0 amide bonds. The van der Waals surface area contributed by atoms with Crippen LogP contribution in [-0.2, 0) is 6.54 Å². The SMILES string of the molecule is CCCC1CCC(NCc2cccc(OC(C)C)c2)CC1. The Morgan fingerprint density at radius 3 is 2.62 bits per heavy atom. The smallest absolute Gasteiger partial charge is 0.120 e. The zero-order valence-corrected chi connectivity index (χ0v) is 13.9. The van der Waals surface area contributed by atoms with Gasteiger partial charge >= 0.3 is 0 Å². The Labute approximate surface area is 130 Å². The minimum atomic E-state index is 0.238. The molecule has 0 spiro atoms. The molecule has 1 fully saturated rings. The maximum absolute atomic E-state index is 5.76. The molecule has 1 saturated carbocycles. The molecular formula is C19H31NO. The average Bonchev–Trinajstić information content (AvgIpc) is 2.47. The van der Waals surface area contributed by atoms with Crippen molar-refractivity contribution >= 4 is 0 Å². The van der Waals surface area contributed by atoms with Crippen LogP contribution in [-0.4, -0.2) is 12.1 Å². The fourth-order valence-electron chi connectivity index (χ4n) is 3.33. The predicted molar refractivity (Wildman–Crippen MR) is 89.7 cm³/mol. The molecule has 1 aromatic carbocycles. The van der Waals surface area contributed by atoms with Gasteiger partial charge in [0.1, 0.15) is 5.75 Å². The van der Waals surface area contributed by atoms with Crippen LogP contribution in [0.2, 0.25) is 0 Å². The van der Waals surface area contributed by atoms with Crippen LogP contribution < -0.4 is 10.1 Å². The first-order valence-corrected chi connectivity index (χ1v) is 8.66. The van der Waals surface area contributed by atoms with Crippen LogP contribution in [0.5, 0.6) is 5.75 Å². The second-order valence-electron chi connectivity index (χ2n) is 6.70. The molecule has 2 rings (SSSR count). The third-order valence-electron chi connectivity index (χ3n) is 4.41. The first-order valence-electron chi connectivity index (χ1n) is 8.66. The molecule has 2 heteroatoms. The van der Waals surface area contributed by atoms with Gasteiger partial charge in [-0.1, -0.05) is 31.9 Å². The highest BCUT2D eigenvalue weighted by Crippen LogP contribution is 2.28. The van der Waals surface area contributed by atoms with E-state index in [1.165, 1.54) is 44.1 Å². The van der Waals surface area contributed by atoms with Gasteiger partial charge in [0, 0.05) is 12.6 Å². The minimum absolute atomic E-state index is 0.238. The number of ether oxygens (including phenoxy) is 1. The second-order valence-corrected chi connectivity index (χ2v) is 6.70. The summed E-state index contributed by atoms with van der Waals surface area (Å²) in [4.78, 5) is 0. The van der Waals surface area contributed by atoms with E-state index >= 15 is 0 Å². The Hall–Kier alpha value is -1.02. The van der Waals surface area contributed by atoms with Gasteiger partial charge in [-0.3, -0.25) is 0 Å². The van der Waals surface area contributed by atoms with Crippen molar-refractivity contribution in [1.29, 1.82) is 0 Å². The Bertz CT molecular complexity index is 408. The van der Waals surface area contributed by atoms with E-state index in [2.05, 4.69) is 44.3 Å². The Morgan fingerprint density at radius 1 is 1.19 bits per heavy atom. The summed E-state index contributed by atoms with van der Waals surface area (Å²) < 4.78 is 5.76. The van der Waals surface area contributed by atoms with Gasteiger partial charge < -0.3 is 10.1 Å². The highest BCUT2D eigenvalue weighted by atomic mass is 16.5. The molecule has 0 saturated heterocycles. The minimum Gasteiger partial charge on any atom is -0.491 e. The first-order chi connectivity index (χ1) is 10.2. The van der Waals surface area contributed by atoms with E-state index < -0.39 is 0 Å². The summed E-state index contributed by atoms with van der Waals surface area (Å²) in [6.45, 7) is 7.40. The molecule has 1 aliphatic rings. The maximum atomic E-state index is 5.76. The lowest BCUT2D eigenvalue weighted by Crippen LogP contribution is -2.32. The summed E-state index contributed by atoms with van der Waals surface area (Å²) >= 11 is 0. The maximum Gasteiger partial charge on any atom is 0.120 e. The molecule has 0 heterocycles. The quantitative estimate of drug-likeness (QED) is 0.769. The van der Waals surface area contributed by atoms with Gasteiger partial charge in [-0.2, -0.15) is 0 Å². The topological polar surface area (TPSA) is 21.3 Å². The molecule has 0 atom stereocenters. The molecule has 1 N–H and O–H groups in total. The van der Waals surface area contributed by atoms with Crippen molar-refractivity contribution in [1.82, 2.24) is 5.32 Å². The third-order valence-corrected chi connectivity index (χ3v) is 4.41. The van der Waals surface area contributed by atoms with Crippen molar-refractivity contribution in [2.24, 2.45) is 5.92 Å². The Kier molecular flexibility index (Phi) is 6.56. The van der Waals surface area contributed by atoms with Crippen LogP contribution >= 0.6 is 0 Å². The number of hydrogen-bond acceptors (Lipinski definition) is 2. The summed E-state index contributed by atoms with van der Waals surface area (Å²) in [5, 5.41) is 3.73. The molecule has 0 aliphatic heterocycles. The second kappa shape index (κ2) is 8.43. The van der Waals surface area contributed by atoms with Crippen LogP contribution in [0.25, 0.3) is 0 Å². The third kappa shape index (κ3) is 5.70. The zero-order valence-electron chi connectivity index (χ0n) is 13.9. The zero-order chi connectivity index (χ0) is 15.1. The van der Waals surface area contributed by atoms with Crippen LogP contribution in [0.3, 0.4) is 0 Å². The van der Waals surface area contributed by atoms with Gasteiger partial charge in [-0.15, -0.1) is 0 Å². The summed E-state index contributed by atoms with van der Waals surface area (Å²) in [6, 6.07) is 9.18. The molecular weight excluding hydrogens is 258 g/mol. The Balaban J connectivity index is 1.76. The fraction of sp³-hybridized carbons (Fsp3) is 0.684. The molecule has 21 heavy (non-hydrogen) atoms. The number of hydrogen-bond donors (Lipinski definition) is 1. The highest BCUT2D eigenvalue weighted by molar-refractivity contribution is 5.28. The van der Waals surface area contributed by atoms with Crippen molar-refractivity contribution < 1.29 is 4.74 Å². The largest absolute Gasteiger partial charge is 0.491 e. The monoisotopic (exact) mass is 289 g/mol. The van der Waals surface area contributed by atoms with E-state index in [1.54, 1.807) is 0 Å². The van der Waals surface area contributed by atoms with E-state index in [-0.39, 0.29) is 6.10 Å². The lowest BCUT2D eigenvalue weighted by atomic mass is 9.83. The van der Waals surface area contributed by atoms with Gasteiger partial charge in [0.2, 0.25) is 0 Å². The average molecular weight is 289 g/mol. The van der Waals surface area contributed by atoms with Crippen LogP contribution in [0.15, 0.2) is 24.3 Å². The molecule has 0 bridgehead atoms. The van der Waals surface area contributed by atoms with Crippen LogP contribution in [0.4, 0.5) is 0 Å². The lowest BCUT2D eigenvalue weighted by molar-refractivity contribution is 0.242. The van der Waals surface area contributed by atoms with Gasteiger partial charge in [0.25, 0.3) is 0 Å². The van der Waals surface area contributed by atoms with Gasteiger partial charge in [0.05, 0.1) is 6.10 Å². The van der Waals surface area contributed by atoms with E-state index in [9.17, 15) is 0 Å². The van der Waals surface area contributed by atoms with Crippen molar-refractivity contribution in [3.05, 3.63) is 29.8 Å². The fourth-order valence-corrected chi connectivity index (χ4v) is 3.33. The standard InChI is InChI=1S/C19H31NO/c1-4-6-16-9-11-18(12-10-16)20-14-17-7-5-8-19(13-17)21-15(2)3/h5,7-8,13,15-16,18,20H,4,6,9-12,14H2,1-3H3. The number of benzene rings is 1. The van der Waals surface area contributed by atoms with Gasteiger partial charge in [-0.05, 0) is 63.1 Å². The summed E-state index contributed by atoms with van der Waals surface area (Å²) in [5.74, 6) is 1.96. The summed E-state index contributed by atoms with van der Waals surface area (Å²) in [5.41, 5.74) is 1.32. The normalized spacial score (nSPS) is 22.5. The summed E-state index contributed by atoms with van der Waals surface area (Å²) in [6.07, 6.45) is 8.48. The highest BCUT2D eigenvalue weighted by Gasteiger charge is 2.19. The summed E-state index contributed by atoms with van der Waals surface area (Å²) in [7, 11) is 0. The van der Waals surface area contributed by atoms with Crippen molar-refractivity contribution in [3.63, 3.8) is 0 Å². The molecule has 1 aromatic rings. The van der Waals surface area contributed by atoms with Crippen LogP contribution in [0.1, 0.15) is 64.9 Å². The van der Waals surface area contributed by atoms with Crippen molar-refractivity contribution in [2.45, 2.75) is 78.0 Å². The van der Waals surface area contributed by atoms with Gasteiger partial charge in [-0.25, -0.2) is 0 Å². The molecule has 0 unspecified atom stereocenters. The van der Waals surface area contributed by atoms with Crippen molar-refractivity contribution in [3.8, 4) is 5.75 Å². The van der Waals surface area contributed by atoms with Crippen molar-refractivity contribution in [2.75, 3.05) is 0 Å². The molecule has 118 valence electrons. The van der Waals surface area contributed by atoms with Gasteiger partial charge in [0.15, 0.2) is 0 Å². The molecule has 1 aliphatic carbocycles. The predicted octanol–water partition coefficient (Wildman–Crippen LogP) is 4.92. The Morgan fingerprint density at radius 2 is 1.95 bits per heavy atom. The van der Waals surface area contributed by atoms with E-state index in [1.807, 2.05) is 6.07 Å². The van der Waals surface area contributed by atoms with E-state index in [0.29, 0.717) is 6.04 Å². The van der Waals surface area contributed by atoms with E-state index in [0.717, 1.165) is 18.2 Å². The lowest BCUT2D eigenvalue weighted by Gasteiger charge is -2.29. The van der Waals surface area contributed by atoms with Crippen LogP contribution in [0, 0.1) is 5.92 Å². The number of nitrogens with one attached hydrogen (secondary N) is 1. The molecule has 0 radical (unpaired) electrons.